The summed E-state index contributed by atoms with van der Waals surface area (Å²) in [6, 6.07) is 1.56. The van der Waals surface area contributed by atoms with Crippen LogP contribution >= 0.6 is 0 Å². The quantitative estimate of drug-likeness (QED) is 0.780. The average molecular weight is 253 g/mol. The molecule has 1 N–H and O–H groups in total. The number of nitrogens with zero attached hydrogens (tertiary/aromatic N) is 2. The van der Waals surface area contributed by atoms with Gasteiger partial charge in [-0.15, -0.1) is 0 Å². The first-order chi connectivity index (χ1) is 8.57. The van der Waals surface area contributed by atoms with Gasteiger partial charge in [0.05, 0.1) is 0 Å². The smallest absolute Gasteiger partial charge is 0.0330 e. The fraction of sp³-hybridized carbons (Fsp3) is 1.00. The lowest BCUT2D eigenvalue weighted by Crippen LogP contribution is -2.57. The van der Waals surface area contributed by atoms with Crippen LogP contribution in [0.4, 0.5) is 0 Å². The van der Waals surface area contributed by atoms with Crippen LogP contribution in [0.1, 0.15) is 45.4 Å². The molecule has 0 aromatic rings. The van der Waals surface area contributed by atoms with Gasteiger partial charge in [-0.2, -0.15) is 0 Å². The third kappa shape index (κ3) is 2.89. The summed E-state index contributed by atoms with van der Waals surface area (Å²) in [6.07, 6.45) is 8.25. The molecule has 0 amide bonds. The van der Waals surface area contributed by atoms with E-state index in [1.807, 2.05) is 0 Å². The van der Waals surface area contributed by atoms with Crippen LogP contribution < -0.4 is 5.32 Å². The lowest BCUT2D eigenvalue weighted by Gasteiger charge is -2.50. The van der Waals surface area contributed by atoms with Crippen molar-refractivity contribution in [3.05, 3.63) is 0 Å². The normalized spacial score (nSPS) is 31.0. The lowest BCUT2D eigenvalue weighted by molar-refractivity contribution is 0.0166. The summed E-state index contributed by atoms with van der Waals surface area (Å²) in [5.41, 5.74) is 0.477. The van der Waals surface area contributed by atoms with E-state index in [0.29, 0.717) is 5.54 Å². The van der Waals surface area contributed by atoms with E-state index in [-0.39, 0.29) is 0 Å². The Balaban J connectivity index is 1.83. The monoisotopic (exact) mass is 253 g/mol. The minimum absolute atomic E-state index is 0.477. The van der Waals surface area contributed by atoms with Crippen LogP contribution in [0, 0.1) is 0 Å². The number of hydrogen-bond acceptors (Lipinski definition) is 3. The second-order valence-electron chi connectivity index (χ2n) is 6.61. The van der Waals surface area contributed by atoms with E-state index in [9.17, 15) is 0 Å². The van der Waals surface area contributed by atoms with Crippen molar-refractivity contribution < 1.29 is 0 Å². The Labute approximate surface area is 113 Å². The van der Waals surface area contributed by atoms with Gasteiger partial charge in [-0.05, 0) is 66.2 Å². The van der Waals surface area contributed by atoms with Gasteiger partial charge in [0.2, 0.25) is 0 Å². The van der Waals surface area contributed by atoms with Gasteiger partial charge >= 0.3 is 0 Å². The van der Waals surface area contributed by atoms with Gasteiger partial charge in [0.1, 0.15) is 0 Å². The van der Waals surface area contributed by atoms with Gasteiger partial charge < -0.3 is 15.1 Å². The topological polar surface area (TPSA) is 18.5 Å². The summed E-state index contributed by atoms with van der Waals surface area (Å²) < 4.78 is 0. The molecule has 0 saturated heterocycles. The summed E-state index contributed by atoms with van der Waals surface area (Å²) in [5, 5.41) is 3.61. The van der Waals surface area contributed by atoms with E-state index in [4.69, 9.17) is 0 Å². The molecule has 2 atom stereocenters. The van der Waals surface area contributed by atoms with E-state index in [0.717, 1.165) is 18.6 Å². The molecule has 3 heteroatoms. The molecule has 0 spiro atoms. The second-order valence-corrected chi connectivity index (χ2v) is 6.61. The van der Waals surface area contributed by atoms with Gasteiger partial charge in [-0.1, -0.05) is 6.92 Å². The van der Waals surface area contributed by atoms with E-state index >= 15 is 0 Å². The van der Waals surface area contributed by atoms with Crippen molar-refractivity contribution in [1.82, 2.24) is 15.1 Å². The third-order valence-corrected chi connectivity index (χ3v) is 5.30. The highest BCUT2D eigenvalue weighted by atomic mass is 15.2. The second kappa shape index (κ2) is 5.89. The van der Waals surface area contributed by atoms with Crippen LogP contribution in [0.5, 0.6) is 0 Å². The van der Waals surface area contributed by atoms with E-state index in [1.54, 1.807) is 0 Å². The predicted molar refractivity (Wildman–Crippen MR) is 78.0 cm³/mol. The highest BCUT2D eigenvalue weighted by molar-refractivity contribution is 4.99. The lowest BCUT2D eigenvalue weighted by atomic mass is 9.75. The SMILES string of the molecule is CCNC1CCC(N(C)CC2(N(C)C)CCC2)C1. The van der Waals surface area contributed by atoms with E-state index in [1.165, 1.54) is 45.1 Å². The van der Waals surface area contributed by atoms with Crippen LogP contribution in [0.2, 0.25) is 0 Å². The molecule has 0 aromatic heterocycles. The summed E-state index contributed by atoms with van der Waals surface area (Å²) in [5.74, 6) is 0. The van der Waals surface area contributed by atoms with Crippen molar-refractivity contribution in [2.75, 3.05) is 34.2 Å². The van der Waals surface area contributed by atoms with Crippen LogP contribution in [0.15, 0.2) is 0 Å². The van der Waals surface area contributed by atoms with Gasteiger partial charge in [0.25, 0.3) is 0 Å². The van der Waals surface area contributed by atoms with Crippen molar-refractivity contribution in [2.24, 2.45) is 0 Å². The molecule has 0 radical (unpaired) electrons. The molecule has 2 saturated carbocycles. The fourth-order valence-corrected chi connectivity index (χ4v) is 3.76. The number of likely N-dealkylation sites (N-methyl/N-ethyl adjacent to an activating group) is 2. The summed E-state index contributed by atoms with van der Waals surface area (Å²) >= 11 is 0. The number of nitrogens with one attached hydrogen (secondary N) is 1. The van der Waals surface area contributed by atoms with Gasteiger partial charge in [0.15, 0.2) is 0 Å². The molecule has 2 fully saturated rings. The molecule has 0 bridgehead atoms. The summed E-state index contributed by atoms with van der Waals surface area (Å²) in [7, 11) is 6.84. The third-order valence-electron chi connectivity index (χ3n) is 5.30. The summed E-state index contributed by atoms with van der Waals surface area (Å²) in [6.45, 7) is 4.58. The van der Waals surface area contributed by atoms with Crippen molar-refractivity contribution in [3.63, 3.8) is 0 Å². The minimum atomic E-state index is 0.477. The average Bonchev–Trinajstić information content (AvgIpc) is 2.71. The first-order valence-corrected chi connectivity index (χ1v) is 7.68. The molecular weight excluding hydrogens is 222 g/mol. The Morgan fingerprint density at radius 2 is 1.89 bits per heavy atom. The van der Waals surface area contributed by atoms with Crippen molar-refractivity contribution in [2.45, 2.75) is 63.1 Å². The van der Waals surface area contributed by atoms with Crippen LogP contribution in [-0.4, -0.2) is 61.7 Å². The molecule has 2 aliphatic carbocycles. The molecule has 18 heavy (non-hydrogen) atoms. The van der Waals surface area contributed by atoms with E-state index in [2.05, 4.69) is 43.2 Å². The zero-order valence-electron chi connectivity index (χ0n) is 12.7. The van der Waals surface area contributed by atoms with Gasteiger partial charge in [-0.25, -0.2) is 0 Å². The maximum Gasteiger partial charge on any atom is 0.0330 e. The van der Waals surface area contributed by atoms with Crippen molar-refractivity contribution >= 4 is 0 Å². The van der Waals surface area contributed by atoms with Gasteiger partial charge in [0, 0.05) is 24.2 Å². The maximum absolute atomic E-state index is 3.61. The van der Waals surface area contributed by atoms with E-state index < -0.39 is 0 Å². The molecule has 0 heterocycles. The predicted octanol–water partition coefficient (Wildman–Crippen LogP) is 1.93. The number of rotatable bonds is 6. The first-order valence-electron chi connectivity index (χ1n) is 7.68. The molecule has 2 unspecified atom stereocenters. The fourth-order valence-electron chi connectivity index (χ4n) is 3.76. The summed E-state index contributed by atoms with van der Waals surface area (Å²) in [4.78, 5) is 5.10. The Morgan fingerprint density at radius 1 is 1.17 bits per heavy atom. The van der Waals surface area contributed by atoms with Crippen LogP contribution in [0.25, 0.3) is 0 Å². The van der Waals surface area contributed by atoms with Crippen LogP contribution in [0.3, 0.4) is 0 Å². The first kappa shape index (κ1) is 14.3. The van der Waals surface area contributed by atoms with Crippen LogP contribution in [-0.2, 0) is 0 Å². The Hall–Kier alpha value is -0.120. The van der Waals surface area contributed by atoms with Crippen molar-refractivity contribution in [1.29, 1.82) is 0 Å². The number of hydrogen-bond donors (Lipinski definition) is 1. The molecule has 106 valence electrons. The molecular formula is C15H31N3. The molecule has 0 aliphatic heterocycles. The van der Waals surface area contributed by atoms with Crippen molar-refractivity contribution in [3.8, 4) is 0 Å². The Kier molecular flexibility index (Phi) is 4.68. The minimum Gasteiger partial charge on any atom is -0.314 e. The molecule has 2 rings (SSSR count). The maximum atomic E-state index is 3.61. The highest BCUT2D eigenvalue weighted by Gasteiger charge is 2.41. The molecule has 2 aliphatic rings. The molecule has 3 nitrogen and oxygen atoms in total. The largest absolute Gasteiger partial charge is 0.314 e. The van der Waals surface area contributed by atoms with Gasteiger partial charge in [-0.3, -0.25) is 0 Å². The zero-order chi connectivity index (χ0) is 13.2. The highest BCUT2D eigenvalue weighted by Crippen LogP contribution is 2.38. The zero-order valence-corrected chi connectivity index (χ0v) is 12.7. The Bertz CT molecular complexity index is 260. The standard InChI is InChI=1S/C15H31N3/c1-5-16-13-7-8-14(11-13)18(4)12-15(17(2)3)9-6-10-15/h13-14,16H,5-12H2,1-4H3. The Morgan fingerprint density at radius 3 is 2.39 bits per heavy atom. The molecule has 0 aromatic carbocycles.